The summed E-state index contributed by atoms with van der Waals surface area (Å²) in [6, 6.07) is 4.48. The van der Waals surface area contributed by atoms with Crippen LogP contribution in [0.2, 0.25) is 5.02 Å². The molecule has 1 aliphatic rings. The van der Waals surface area contributed by atoms with Gasteiger partial charge < -0.3 is 10.8 Å². The first-order valence-electron chi connectivity index (χ1n) is 6.53. The van der Waals surface area contributed by atoms with Crippen molar-refractivity contribution in [3.63, 3.8) is 0 Å². The van der Waals surface area contributed by atoms with Crippen LogP contribution in [0.5, 0.6) is 0 Å². The van der Waals surface area contributed by atoms with Gasteiger partial charge in [0.2, 0.25) is 10.0 Å². The predicted molar refractivity (Wildman–Crippen MR) is 82.8 cm³/mol. The first-order chi connectivity index (χ1) is 10.2. The smallest absolute Gasteiger partial charge is 0.243 e. The number of sulfonamides is 1. The fourth-order valence-electron chi connectivity index (χ4n) is 2.42. The fraction of sp³-hybridized carbons (Fsp3) is 0.500. The Bertz CT molecular complexity index is 733. The maximum atomic E-state index is 12.7. The van der Waals surface area contributed by atoms with E-state index in [2.05, 4.69) is 0 Å². The zero-order valence-electron chi connectivity index (χ0n) is 11.6. The highest BCUT2D eigenvalue weighted by molar-refractivity contribution is 7.92. The molecule has 0 unspecified atom stereocenters. The van der Waals surface area contributed by atoms with Crippen LogP contribution in [0.4, 0.5) is 0 Å². The van der Waals surface area contributed by atoms with Gasteiger partial charge >= 0.3 is 0 Å². The molecule has 3 N–H and O–H groups in total. The number of halogens is 1. The van der Waals surface area contributed by atoms with Crippen LogP contribution < -0.4 is 5.73 Å². The molecule has 0 radical (unpaired) electrons. The molecule has 0 bridgehead atoms. The minimum Gasteiger partial charge on any atom is -0.390 e. The van der Waals surface area contributed by atoms with Crippen LogP contribution in [0.1, 0.15) is 0 Å². The van der Waals surface area contributed by atoms with E-state index in [0.717, 1.165) is 4.31 Å². The number of hydrogen-bond acceptors (Lipinski definition) is 6. The zero-order chi connectivity index (χ0) is 16.5. The van der Waals surface area contributed by atoms with Crippen molar-refractivity contribution < 1.29 is 21.9 Å². The summed E-state index contributed by atoms with van der Waals surface area (Å²) in [4.78, 5) is -0.0261. The van der Waals surface area contributed by atoms with Gasteiger partial charge in [-0.2, -0.15) is 4.31 Å². The quantitative estimate of drug-likeness (QED) is 0.719. The van der Waals surface area contributed by atoms with Crippen LogP contribution in [-0.4, -0.2) is 63.0 Å². The lowest BCUT2D eigenvalue weighted by Crippen LogP contribution is -2.48. The molecule has 0 spiro atoms. The van der Waals surface area contributed by atoms with Crippen molar-refractivity contribution in [3.05, 3.63) is 29.3 Å². The van der Waals surface area contributed by atoms with Crippen molar-refractivity contribution in [1.82, 2.24) is 4.31 Å². The molecule has 2 atom stereocenters. The van der Waals surface area contributed by atoms with Gasteiger partial charge in [-0.1, -0.05) is 11.6 Å². The minimum atomic E-state index is -3.98. The number of rotatable bonds is 5. The highest BCUT2D eigenvalue weighted by Crippen LogP contribution is 2.25. The summed E-state index contributed by atoms with van der Waals surface area (Å²) in [7, 11) is -7.45. The van der Waals surface area contributed by atoms with Gasteiger partial charge in [-0.05, 0) is 24.3 Å². The molecule has 1 aromatic carbocycles. The van der Waals surface area contributed by atoms with Crippen LogP contribution in [0.25, 0.3) is 0 Å². The maximum Gasteiger partial charge on any atom is 0.243 e. The Labute approximate surface area is 134 Å². The molecule has 0 aromatic heterocycles. The van der Waals surface area contributed by atoms with Crippen LogP contribution in [0.15, 0.2) is 29.2 Å². The SMILES string of the molecule is NCCN([C@@H]1CS(=O)(=O)C[C@@H]1O)S(=O)(=O)c1ccc(Cl)cc1. The topological polar surface area (TPSA) is 118 Å². The summed E-state index contributed by atoms with van der Waals surface area (Å²) in [5, 5.41) is 10.3. The monoisotopic (exact) mass is 368 g/mol. The number of sulfone groups is 1. The van der Waals surface area contributed by atoms with E-state index in [1.54, 1.807) is 0 Å². The number of aliphatic hydroxyl groups excluding tert-OH is 1. The molecule has 10 heteroatoms. The molecular formula is C12H17ClN2O5S2. The van der Waals surface area contributed by atoms with Crippen molar-refractivity contribution in [2.24, 2.45) is 5.73 Å². The summed E-state index contributed by atoms with van der Waals surface area (Å²) in [6.07, 6.45) is -1.27. The Hall–Kier alpha value is -0.710. The van der Waals surface area contributed by atoms with Crippen LogP contribution in [0.3, 0.4) is 0 Å². The third kappa shape index (κ3) is 3.61. The van der Waals surface area contributed by atoms with E-state index in [1.165, 1.54) is 24.3 Å². The number of nitrogens with zero attached hydrogens (tertiary/aromatic N) is 1. The highest BCUT2D eigenvalue weighted by atomic mass is 35.5. The molecule has 0 aliphatic carbocycles. The van der Waals surface area contributed by atoms with Crippen molar-refractivity contribution in [2.75, 3.05) is 24.6 Å². The first-order valence-corrected chi connectivity index (χ1v) is 10.2. The van der Waals surface area contributed by atoms with Crippen LogP contribution in [-0.2, 0) is 19.9 Å². The maximum absolute atomic E-state index is 12.7. The number of hydrogen-bond donors (Lipinski definition) is 2. The normalized spacial score (nSPS) is 24.7. The Morgan fingerprint density at radius 3 is 2.32 bits per heavy atom. The van der Waals surface area contributed by atoms with Gasteiger partial charge in [0.1, 0.15) is 0 Å². The predicted octanol–water partition coefficient (Wildman–Crippen LogP) is -0.553. The Morgan fingerprint density at radius 1 is 1.27 bits per heavy atom. The minimum absolute atomic E-state index is 0.0100. The second-order valence-corrected chi connectivity index (χ2v) is 9.55. The van der Waals surface area contributed by atoms with Gasteiger partial charge in [0.05, 0.1) is 28.5 Å². The second-order valence-electron chi connectivity index (χ2n) is 5.07. The number of nitrogens with two attached hydrogens (primary N) is 1. The standard InChI is InChI=1S/C12H17ClN2O5S2/c13-9-1-3-10(4-2-9)22(19,20)15(6-5-14)11-7-21(17,18)8-12(11)16/h1-4,11-12,16H,5-8,14H2/t11-,12+/m1/s1. The van der Waals surface area contributed by atoms with E-state index in [4.69, 9.17) is 17.3 Å². The van der Waals surface area contributed by atoms with E-state index >= 15 is 0 Å². The number of benzene rings is 1. The molecule has 1 aromatic rings. The van der Waals surface area contributed by atoms with E-state index in [0.29, 0.717) is 5.02 Å². The van der Waals surface area contributed by atoms with E-state index in [-0.39, 0.29) is 18.0 Å². The lowest BCUT2D eigenvalue weighted by atomic mass is 10.2. The van der Waals surface area contributed by atoms with Gasteiger partial charge in [-0.25, -0.2) is 16.8 Å². The van der Waals surface area contributed by atoms with Gasteiger partial charge in [-0.3, -0.25) is 0 Å². The van der Waals surface area contributed by atoms with Crippen LogP contribution >= 0.6 is 11.6 Å². The molecule has 1 fully saturated rings. The lowest BCUT2D eigenvalue weighted by molar-refractivity contribution is 0.129. The van der Waals surface area contributed by atoms with Gasteiger partial charge in [0.25, 0.3) is 0 Å². The van der Waals surface area contributed by atoms with Crippen LogP contribution in [0, 0.1) is 0 Å². The second kappa shape index (κ2) is 6.42. The third-order valence-corrected chi connectivity index (χ3v) is 7.32. The molecule has 1 aliphatic heterocycles. The van der Waals surface area contributed by atoms with E-state index in [1.807, 2.05) is 0 Å². The van der Waals surface area contributed by atoms with Crippen molar-refractivity contribution in [1.29, 1.82) is 0 Å². The summed E-state index contributed by atoms with van der Waals surface area (Å²) < 4.78 is 49.6. The van der Waals surface area contributed by atoms with E-state index in [9.17, 15) is 21.9 Å². The first kappa shape index (κ1) is 17.6. The Balaban J connectivity index is 2.41. The van der Waals surface area contributed by atoms with E-state index < -0.39 is 43.5 Å². The molecule has 0 amide bonds. The third-order valence-electron chi connectivity index (χ3n) is 3.43. The summed E-state index contributed by atoms with van der Waals surface area (Å²) in [5.41, 5.74) is 5.45. The molecule has 1 heterocycles. The molecule has 2 rings (SSSR count). The molecule has 0 saturated carbocycles. The van der Waals surface area contributed by atoms with Gasteiger partial charge in [0.15, 0.2) is 9.84 Å². The summed E-state index contributed by atoms with van der Waals surface area (Å²) >= 11 is 5.74. The molecule has 22 heavy (non-hydrogen) atoms. The molecular weight excluding hydrogens is 352 g/mol. The fourth-order valence-corrected chi connectivity index (χ4v) is 6.11. The highest BCUT2D eigenvalue weighted by Gasteiger charge is 2.44. The molecule has 1 saturated heterocycles. The summed E-state index contributed by atoms with van der Waals surface area (Å²) in [5.74, 6) is -0.865. The average Bonchev–Trinajstić information content (AvgIpc) is 2.69. The van der Waals surface area contributed by atoms with Crippen molar-refractivity contribution in [2.45, 2.75) is 17.0 Å². The molecule has 124 valence electrons. The number of aliphatic hydroxyl groups is 1. The van der Waals surface area contributed by atoms with Gasteiger partial charge in [-0.15, -0.1) is 0 Å². The van der Waals surface area contributed by atoms with Gasteiger partial charge in [0, 0.05) is 18.1 Å². The zero-order valence-corrected chi connectivity index (χ0v) is 14.0. The Kier molecular flexibility index (Phi) is 5.15. The van der Waals surface area contributed by atoms with Crippen molar-refractivity contribution in [3.8, 4) is 0 Å². The lowest BCUT2D eigenvalue weighted by Gasteiger charge is -2.28. The summed E-state index contributed by atoms with van der Waals surface area (Å²) in [6.45, 7) is -0.0711. The Morgan fingerprint density at radius 2 is 1.86 bits per heavy atom. The average molecular weight is 369 g/mol. The van der Waals surface area contributed by atoms with Crippen molar-refractivity contribution >= 4 is 31.5 Å². The molecule has 7 nitrogen and oxygen atoms in total. The largest absolute Gasteiger partial charge is 0.390 e.